The summed E-state index contributed by atoms with van der Waals surface area (Å²) in [5, 5.41) is 10.4. The van der Waals surface area contributed by atoms with Crippen LogP contribution in [-0.4, -0.2) is 28.7 Å². The zero-order chi connectivity index (χ0) is 12.3. The fourth-order valence-electron chi connectivity index (χ4n) is 2.54. The first-order valence-corrected chi connectivity index (χ1v) is 6.62. The van der Waals surface area contributed by atoms with Crippen LogP contribution in [0.5, 0.6) is 0 Å². The zero-order valence-corrected chi connectivity index (χ0v) is 11.1. The Balaban J connectivity index is 2.11. The molecule has 1 aromatic carbocycles. The summed E-state index contributed by atoms with van der Waals surface area (Å²) in [6, 6.07) is 7.98. The Kier molecular flexibility index (Phi) is 4.08. The summed E-state index contributed by atoms with van der Waals surface area (Å²) < 4.78 is 0. The van der Waals surface area contributed by atoms with Crippen molar-refractivity contribution in [2.24, 2.45) is 0 Å². The van der Waals surface area contributed by atoms with E-state index in [0.717, 1.165) is 24.5 Å². The fraction of sp³-hybridized carbons (Fsp3) is 0.571. The summed E-state index contributed by atoms with van der Waals surface area (Å²) >= 11 is 6.00. The number of hydrogen-bond donors (Lipinski definition) is 1. The Bertz CT molecular complexity index is 382. The lowest BCUT2D eigenvalue weighted by Crippen LogP contribution is -2.51. The van der Waals surface area contributed by atoms with E-state index in [1.54, 1.807) is 0 Å². The minimum atomic E-state index is -0.0689. The minimum Gasteiger partial charge on any atom is -0.394 e. The molecule has 0 amide bonds. The number of aliphatic hydroxyl groups excluding tert-OH is 1. The van der Waals surface area contributed by atoms with Gasteiger partial charge < -0.3 is 5.11 Å². The first kappa shape index (κ1) is 12.9. The van der Waals surface area contributed by atoms with Gasteiger partial charge in [0.15, 0.2) is 0 Å². The van der Waals surface area contributed by atoms with Gasteiger partial charge in [-0.25, -0.2) is 0 Å². The number of piperidine rings is 1. The molecule has 0 bridgehead atoms. The standard InChI is InChI=1S/C14H20ClNO/c1-14(11-17)7-2-3-8-16(14)10-12-5-4-6-13(15)9-12/h4-6,9,17H,2-3,7-8,10-11H2,1H3. The predicted octanol–water partition coefficient (Wildman–Crippen LogP) is 3.08. The highest BCUT2D eigenvalue weighted by Crippen LogP contribution is 2.29. The second-order valence-electron chi connectivity index (χ2n) is 5.16. The number of likely N-dealkylation sites (tertiary alicyclic amines) is 1. The number of hydrogen-bond acceptors (Lipinski definition) is 2. The molecular formula is C14H20ClNO. The first-order chi connectivity index (χ1) is 8.14. The maximum absolute atomic E-state index is 9.59. The molecule has 1 heterocycles. The lowest BCUT2D eigenvalue weighted by atomic mass is 9.89. The van der Waals surface area contributed by atoms with E-state index in [9.17, 15) is 5.11 Å². The number of benzene rings is 1. The van der Waals surface area contributed by atoms with Crippen LogP contribution in [-0.2, 0) is 6.54 Å². The summed E-state index contributed by atoms with van der Waals surface area (Å²) in [5.41, 5.74) is 1.15. The second kappa shape index (κ2) is 5.38. The van der Waals surface area contributed by atoms with Crippen molar-refractivity contribution in [2.45, 2.75) is 38.3 Å². The smallest absolute Gasteiger partial charge is 0.0612 e. The summed E-state index contributed by atoms with van der Waals surface area (Å²) in [5.74, 6) is 0. The second-order valence-corrected chi connectivity index (χ2v) is 5.60. The molecule has 17 heavy (non-hydrogen) atoms. The van der Waals surface area contributed by atoms with Crippen molar-refractivity contribution in [1.29, 1.82) is 0 Å². The molecule has 3 heteroatoms. The Labute approximate surface area is 108 Å². The van der Waals surface area contributed by atoms with Crippen molar-refractivity contribution < 1.29 is 5.11 Å². The molecule has 0 radical (unpaired) electrons. The van der Waals surface area contributed by atoms with E-state index >= 15 is 0 Å². The van der Waals surface area contributed by atoms with Gasteiger partial charge in [-0.1, -0.05) is 30.2 Å². The van der Waals surface area contributed by atoms with E-state index in [1.807, 2.05) is 18.2 Å². The number of nitrogens with zero attached hydrogens (tertiary/aromatic N) is 1. The van der Waals surface area contributed by atoms with Gasteiger partial charge in [-0.2, -0.15) is 0 Å². The molecule has 1 unspecified atom stereocenters. The fourth-order valence-corrected chi connectivity index (χ4v) is 2.75. The molecule has 1 atom stereocenters. The quantitative estimate of drug-likeness (QED) is 0.895. The Morgan fingerprint density at radius 1 is 1.41 bits per heavy atom. The largest absolute Gasteiger partial charge is 0.394 e. The Morgan fingerprint density at radius 3 is 2.94 bits per heavy atom. The van der Waals surface area contributed by atoms with Crippen LogP contribution in [0.25, 0.3) is 0 Å². The molecule has 0 saturated carbocycles. The lowest BCUT2D eigenvalue weighted by molar-refractivity contribution is 0.00633. The van der Waals surface area contributed by atoms with Gasteiger partial charge in [0.1, 0.15) is 0 Å². The average molecular weight is 254 g/mol. The van der Waals surface area contributed by atoms with Crippen molar-refractivity contribution in [3.05, 3.63) is 34.9 Å². The van der Waals surface area contributed by atoms with Gasteiger partial charge in [0.2, 0.25) is 0 Å². The maximum atomic E-state index is 9.59. The van der Waals surface area contributed by atoms with Gasteiger partial charge in [0.05, 0.1) is 6.61 Å². The Hall–Kier alpha value is -0.570. The molecule has 1 fully saturated rings. The third kappa shape index (κ3) is 3.01. The highest BCUT2D eigenvalue weighted by Gasteiger charge is 2.33. The summed E-state index contributed by atoms with van der Waals surface area (Å²) in [7, 11) is 0. The molecule has 0 aliphatic carbocycles. The summed E-state index contributed by atoms with van der Waals surface area (Å²) in [6.07, 6.45) is 3.50. The van der Waals surface area contributed by atoms with Crippen LogP contribution in [0, 0.1) is 0 Å². The van der Waals surface area contributed by atoms with Crippen LogP contribution in [0.1, 0.15) is 31.7 Å². The van der Waals surface area contributed by atoms with E-state index in [2.05, 4.69) is 17.9 Å². The molecular weight excluding hydrogens is 234 g/mol. The molecule has 1 saturated heterocycles. The normalized spacial score (nSPS) is 26.1. The van der Waals surface area contributed by atoms with Crippen LogP contribution in [0.2, 0.25) is 5.02 Å². The molecule has 1 aromatic rings. The molecule has 0 spiro atoms. The van der Waals surface area contributed by atoms with E-state index < -0.39 is 0 Å². The van der Waals surface area contributed by atoms with Crippen LogP contribution in [0.15, 0.2) is 24.3 Å². The van der Waals surface area contributed by atoms with E-state index in [0.29, 0.717) is 0 Å². The van der Waals surface area contributed by atoms with Crippen LogP contribution >= 0.6 is 11.6 Å². The average Bonchev–Trinajstić information content (AvgIpc) is 2.32. The lowest BCUT2D eigenvalue weighted by Gasteiger charge is -2.44. The number of halogens is 1. The van der Waals surface area contributed by atoms with Gasteiger partial charge in [-0.3, -0.25) is 4.90 Å². The number of aliphatic hydroxyl groups is 1. The zero-order valence-electron chi connectivity index (χ0n) is 10.3. The number of rotatable bonds is 3. The molecule has 2 nitrogen and oxygen atoms in total. The van der Waals surface area contributed by atoms with Crippen LogP contribution in [0.4, 0.5) is 0 Å². The first-order valence-electron chi connectivity index (χ1n) is 6.24. The van der Waals surface area contributed by atoms with Gasteiger partial charge in [0.25, 0.3) is 0 Å². The van der Waals surface area contributed by atoms with Crippen molar-refractivity contribution >= 4 is 11.6 Å². The highest BCUT2D eigenvalue weighted by molar-refractivity contribution is 6.30. The molecule has 94 valence electrons. The molecule has 1 aliphatic rings. The van der Waals surface area contributed by atoms with Gasteiger partial charge in [0, 0.05) is 17.1 Å². The topological polar surface area (TPSA) is 23.5 Å². The molecule has 1 N–H and O–H groups in total. The molecule has 2 rings (SSSR count). The van der Waals surface area contributed by atoms with Crippen LogP contribution in [0.3, 0.4) is 0 Å². The maximum Gasteiger partial charge on any atom is 0.0612 e. The van der Waals surface area contributed by atoms with Crippen molar-refractivity contribution in [2.75, 3.05) is 13.2 Å². The van der Waals surface area contributed by atoms with Crippen LogP contribution < -0.4 is 0 Å². The van der Waals surface area contributed by atoms with E-state index in [4.69, 9.17) is 11.6 Å². The van der Waals surface area contributed by atoms with Gasteiger partial charge in [-0.05, 0) is 44.0 Å². The van der Waals surface area contributed by atoms with Gasteiger partial charge >= 0.3 is 0 Å². The monoisotopic (exact) mass is 253 g/mol. The van der Waals surface area contributed by atoms with E-state index in [1.165, 1.54) is 18.4 Å². The SMILES string of the molecule is CC1(CO)CCCCN1Cc1cccc(Cl)c1. The minimum absolute atomic E-state index is 0.0689. The third-order valence-electron chi connectivity index (χ3n) is 3.76. The Morgan fingerprint density at radius 2 is 2.24 bits per heavy atom. The molecule has 0 aromatic heterocycles. The third-order valence-corrected chi connectivity index (χ3v) is 4.00. The highest BCUT2D eigenvalue weighted by atomic mass is 35.5. The van der Waals surface area contributed by atoms with E-state index in [-0.39, 0.29) is 12.1 Å². The summed E-state index contributed by atoms with van der Waals surface area (Å²) in [6.45, 7) is 4.31. The predicted molar refractivity (Wildman–Crippen MR) is 71.2 cm³/mol. The van der Waals surface area contributed by atoms with Crippen molar-refractivity contribution in [3.63, 3.8) is 0 Å². The van der Waals surface area contributed by atoms with Crippen molar-refractivity contribution in [3.8, 4) is 0 Å². The van der Waals surface area contributed by atoms with Crippen molar-refractivity contribution in [1.82, 2.24) is 4.90 Å². The molecule has 1 aliphatic heterocycles. The summed E-state index contributed by atoms with van der Waals surface area (Å²) in [4.78, 5) is 2.38. The van der Waals surface area contributed by atoms with Gasteiger partial charge in [-0.15, -0.1) is 0 Å².